The first kappa shape index (κ1) is 32.4. The van der Waals surface area contributed by atoms with E-state index in [2.05, 4.69) is 33.4 Å². The molecule has 3 rings (SSSR count). The van der Waals surface area contributed by atoms with Gasteiger partial charge in [-0.3, -0.25) is 10.3 Å². The fraction of sp³-hybridized carbons (Fsp3) is 0.667. The maximum atomic E-state index is 12.4. The van der Waals surface area contributed by atoms with Crippen molar-refractivity contribution in [3.8, 4) is 12.3 Å². The summed E-state index contributed by atoms with van der Waals surface area (Å²) in [6.07, 6.45) is 2.17. The highest BCUT2D eigenvalue weighted by Gasteiger charge is 2.46. The Morgan fingerprint density at radius 1 is 1.26 bits per heavy atom. The number of likely N-dealkylation sites (tertiary alicyclic amines) is 1. The highest BCUT2D eigenvalue weighted by molar-refractivity contribution is 8.12. The summed E-state index contributed by atoms with van der Waals surface area (Å²) in [5.41, 5.74) is 0.503. The molecule has 6 unspecified atom stereocenters. The molecule has 0 spiro atoms. The summed E-state index contributed by atoms with van der Waals surface area (Å²) in [6, 6.07) is 5.12. The van der Waals surface area contributed by atoms with Gasteiger partial charge in [-0.15, -0.1) is 18.2 Å². The van der Waals surface area contributed by atoms with Gasteiger partial charge in [-0.25, -0.2) is 0 Å². The van der Waals surface area contributed by atoms with Gasteiger partial charge >= 0.3 is 6.18 Å². The molecule has 2 aliphatic rings. The lowest BCUT2D eigenvalue weighted by Gasteiger charge is -2.29. The van der Waals surface area contributed by atoms with Gasteiger partial charge in [0.15, 0.2) is 0 Å². The molecule has 1 heterocycles. The van der Waals surface area contributed by atoms with Crippen LogP contribution < -0.4 is 10.6 Å². The topological polar surface area (TPSA) is 100 Å². The summed E-state index contributed by atoms with van der Waals surface area (Å²) in [6.45, 7) is 8.67. The minimum atomic E-state index is -4.42. The van der Waals surface area contributed by atoms with Crippen LogP contribution in [-0.4, -0.2) is 81.8 Å². The van der Waals surface area contributed by atoms with Crippen molar-refractivity contribution in [2.45, 2.75) is 70.3 Å². The molecule has 0 radical (unpaired) electrons. The van der Waals surface area contributed by atoms with E-state index in [4.69, 9.17) is 11.5 Å². The van der Waals surface area contributed by atoms with Crippen molar-refractivity contribution in [1.29, 1.82) is 0 Å². The lowest BCUT2D eigenvalue weighted by Crippen LogP contribution is -2.37. The second-order valence-corrected chi connectivity index (χ2v) is 11.2. The first-order valence-electron chi connectivity index (χ1n) is 12.8. The van der Waals surface area contributed by atoms with E-state index in [1.165, 1.54) is 38.6 Å². The van der Waals surface area contributed by atoms with Crippen LogP contribution in [0.3, 0.4) is 0 Å². The number of thioether (sulfide) groups is 1. The molecule has 0 aromatic heterocycles. The Hall–Kier alpha value is -1.81. The summed E-state index contributed by atoms with van der Waals surface area (Å²) in [5, 5.41) is 33.8. The van der Waals surface area contributed by atoms with E-state index < -0.39 is 29.8 Å². The third-order valence-corrected chi connectivity index (χ3v) is 7.67. The van der Waals surface area contributed by atoms with Gasteiger partial charge in [0.05, 0.1) is 16.7 Å². The van der Waals surface area contributed by atoms with Gasteiger partial charge in [-0.2, -0.15) is 13.2 Å². The third-order valence-electron chi connectivity index (χ3n) is 6.59. The van der Waals surface area contributed by atoms with Crippen LogP contribution in [0.4, 0.5) is 18.9 Å². The Kier molecular flexibility index (Phi) is 12.9. The summed E-state index contributed by atoms with van der Waals surface area (Å²) in [5.74, 6) is 5.12. The summed E-state index contributed by atoms with van der Waals surface area (Å²) in [4.78, 5) is 6.64. The number of benzene rings is 1. The normalized spacial score (nSPS) is 22.9. The van der Waals surface area contributed by atoms with Crippen LogP contribution >= 0.6 is 11.8 Å². The lowest BCUT2D eigenvalue weighted by atomic mass is 9.99. The van der Waals surface area contributed by atoms with E-state index in [0.717, 1.165) is 36.8 Å². The molecular formula is C27H41F3N4O3S. The molecule has 38 heavy (non-hydrogen) atoms. The van der Waals surface area contributed by atoms with Crippen LogP contribution in [0.25, 0.3) is 0 Å². The number of terminal acetylenes is 1. The largest absolute Gasteiger partial charge is 0.416 e. The summed E-state index contributed by atoms with van der Waals surface area (Å²) < 4.78 is 37.3. The van der Waals surface area contributed by atoms with Crippen molar-refractivity contribution in [2.24, 2.45) is 16.8 Å². The van der Waals surface area contributed by atoms with E-state index >= 15 is 0 Å². The van der Waals surface area contributed by atoms with Crippen LogP contribution in [0.15, 0.2) is 29.3 Å². The van der Waals surface area contributed by atoms with Crippen LogP contribution in [-0.2, 0) is 6.18 Å². The first-order valence-corrected chi connectivity index (χ1v) is 13.9. The predicted octanol–water partition coefficient (Wildman–Crippen LogP) is 3.62. The van der Waals surface area contributed by atoms with Crippen LogP contribution in [0.5, 0.6) is 0 Å². The number of hydrogen-bond acceptors (Lipinski definition) is 8. The number of piperidine rings is 1. The highest BCUT2D eigenvalue weighted by Crippen LogP contribution is 2.45. The number of rotatable bonds is 13. The molecule has 1 saturated carbocycles. The van der Waals surface area contributed by atoms with Crippen molar-refractivity contribution < 1.29 is 28.5 Å². The zero-order valence-electron chi connectivity index (χ0n) is 22.3. The number of anilines is 1. The Labute approximate surface area is 228 Å². The Bertz CT molecular complexity index is 914. The predicted molar refractivity (Wildman–Crippen MR) is 148 cm³/mol. The van der Waals surface area contributed by atoms with Crippen LogP contribution in [0.1, 0.15) is 45.6 Å². The number of alkyl halides is 3. The minimum Gasteiger partial charge on any atom is -0.389 e. The molecule has 1 aliphatic carbocycles. The average Bonchev–Trinajstić information content (AvgIpc) is 3.45. The van der Waals surface area contributed by atoms with Gasteiger partial charge in [0.1, 0.15) is 19.0 Å². The number of aliphatic imine (C=N–C) groups is 1. The van der Waals surface area contributed by atoms with Gasteiger partial charge in [-0.05, 0) is 70.1 Å². The Morgan fingerprint density at radius 3 is 2.55 bits per heavy atom. The zero-order chi connectivity index (χ0) is 28.3. The van der Waals surface area contributed by atoms with Crippen molar-refractivity contribution in [3.63, 3.8) is 0 Å². The standard InChI is InChI=1S/C16H26N2OS.C11H15F3N2O2/c1-4-7-17-12-20-11-16(3,19)6-5-13(2)18-9-14-8-15(14)10-18;1-7(17)15-6-10(18)16-9-4-2-3-8(5-9)11(12,13)14/h1,12-15,19H,5-11H2,2-3H3;2-5,7,10,15-18H,6H2,1H3. The fourth-order valence-electron chi connectivity index (χ4n) is 4.24. The molecule has 7 nitrogen and oxygen atoms in total. The number of hydrogen-bond donors (Lipinski definition) is 5. The molecule has 0 amide bonds. The number of aliphatic hydroxyl groups is 3. The zero-order valence-corrected chi connectivity index (χ0v) is 23.1. The van der Waals surface area contributed by atoms with Gasteiger partial charge in [-0.1, -0.05) is 12.0 Å². The van der Waals surface area contributed by atoms with Gasteiger partial charge in [0.2, 0.25) is 0 Å². The van der Waals surface area contributed by atoms with E-state index in [1.807, 2.05) is 6.92 Å². The molecule has 1 aliphatic heterocycles. The second kappa shape index (κ2) is 15.1. The Balaban J connectivity index is 0.000000269. The molecule has 1 aromatic rings. The van der Waals surface area contributed by atoms with E-state index in [1.54, 1.807) is 17.3 Å². The van der Waals surface area contributed by atoms with Gasteiger partial charge in [0, 0.05) is 37.1 Å². The molecule has 1 saturated heterocycles. The fourth-order valence-corrected chi connectivity index (χ4v) is 5.00. The second-order valence-electron chi connectivity index (χ2n) is 10.4. The summed E-state index contributed by atoms with van der Waals surface area (Å²) >= 11 is 1.54. The molecular weight excluding hydrogens is 517 g/mol. The monoisotopic (exact) mass is 558 g/mol. The van der Waals surface area contributed by atoms with Gasteiger partial charge in [0.25, 0.3) is 0 Å². The smallest absolute Gasteiger partial charge is 0.389 e. The Morgan fingerprint density at radius 2 is 1.95 bits per heavy atom. The number of nitrogens with zero attached hydrogens (tertiary/aromatic N) is 2. The van der Waals surface area contributed by atoms with Crippen LogP contribution in [0, 0.1) is 24.2 Å². The first-order chi connectivity index (χ1) is 17.8. The molecule has 11 heteroatoms. The molecule has 5 N–H and O–H groups in total. The van der Waals surface area contributed by atoms with Crippen molar-refractivity contribution in [3.05, 3.63) is 29.8 Å². The average molecular weight is 559 g/mol. The number of fused-ring (bicyclic) bond motifs is 1. The molecule has 214 valence electrons. The number of halogens is 3. The van der Waals surface area contributed by atoms with E-state index in [-0.39, 0.29) is 12.2 Å². The highest BCUT2D eigenvalue weighted by atomic mass is 32.2. The lowest BCUT2D eigenvalue weighted by molar-refractivity contribution is -0.137. The number of nitrogens with one attached hydrogen (secondary N) is 2. The minimum absolute atomic E-state index is 0.00785. The number of aliphatic hydroxyl groups excluding tert-OH is 2. The van der Waals surface area contributed by atoms with Crippen molar-refractivity contribution in [2.75, 3.05) is 37.2 Å². The molecule has 0 bridgehead atoms. The quantitative estimate of drug-likeness (QED) is 0.109. The van der Waals surface area contributed by atoms with E-state index in [0.29, 0.717) is 18.3 Å². The summed E-state index contributed by atoms with van der Waals surface area (Å²) in [7, 11) is 0. The van der Waals surface area contributed by atoms with Crippen molar-refractivity contribution >= 4 is 23.0 Å². The van der Waals surface area contributed by atoms with E-state index in [9.17, 15) is 23.4 Å². The maximum absolute atomic E-state index is 12.4. The van der Waals surface area contributed by atoms with Gasteiger partial charge < -0.3 is 25.5 Å². The SMILES string of the molecule is C#CCN=CSCC(C)(O)CCC(C)N1CC2CC2C1.CC(O)NCC(O)Nc1cccc(C(F)(F)F)c1. The molecule has 2 fully saturated rings. The molecule has 6 atom stereocenters. The van der Waals surface area contributed by atoms with Crippen molar-refractivity contribution in [1.82, 2.24) is 10.2 Å². The third kappa shape index (κ3) is 12.4. The van der Waals surface area contributed by atoms with Crippen LogP contribution in [0.2, 0.25) is 0 Å². The maximum Gasteiger partial charge on any atom is 0.416 e. The molecule has 1 aromatic carbocycles.